The molecule has 5 heteroatoms. The lowest BCUT2D eigenvalue weighted by Gasteiger charge is -2.18. The smallest absolute Gasteiger partial charge is 0.168 e. The molecule has 0 aliphatic heterocycles. The molecule has 4 aromatic rings. The highest BCUT2D eigenvalue weighted by molar-refractivity contribution is 5.81. The average molecular weight is 386 g/mol. The maximum Gasteiger partial charge on any atom is 0.168 e. The first-order chi connectivity index (χ1) is 13.7. The van der Waals surface area contributed by atoms with E-state index in [2.05, 4.69) is 73.4 Å². The Hall–Kier alpha value is -3.08. The highest BCUT2D eigenvalue weighted by Crippen LogP contribution is 2.32. The number of para-hydroxylation sites is 1. The largest absolute Gasteiger partial charge is 0.276 e. The quantitative estimate of drug-likeness (QED) is 0.463. The third kappa shape index (κ3) is 3.31. The van der Waals surface area contributed by atoms with E-state index >= 15 is 0 Å². The summed E-state index contributed by atoms with van der Waals surface area (Å²) in [5, 5.41) is 0. The van der Waals surface area contributed by atoms with Crippen molar-refractivity contribution in [3.63, 3.8) is 0 Å². The summed E-state index contributed by atoms with van der Waals surface area (Å²) in [7, 11) is 0. The summed E-state index contributed by atoms with van der Waals surface area (Å²) in [5.74, 6) is 1.66. The SMILES string of the molecule is Cc1ccc(-c2nc3cnc(C(C)(C)C)nc3n2-c2c(C)cccc2C)c(C)n1. The number of benzene rings is 1. The van der Waals surface area contributed by atoms with Crippen molar-refractivity contribution in [2.75, 3.05) is 0 Å². The highest BCUT2D eigenvalue weighted by Gasteiger charge is 2.23. The summed E-state index contributed by atoms with van der Waals surface area (Å²) in [5.41, 5.74) is 7.90. The molecule has 0 fully saturated rings. The number of hydrogen-bond donors (Lipinski definition) is 0. The van der Waals surface area contributed by atoms with Crippen molar-refractivity contribution in [2.45, 2.75) is 53.9 Å². The van der Waals surface area contributed by atoms with Crippen LogP contribution in [0.1, 0.15) is 49.1 Å². The number of rotatable bonds is 2. The summed E-state index contributed by atoms with van der Waals surface area (Å²) in [6.45, 7) is 14.7. The molecule has 0 atom stereocenters. The van der Waals surface area contributed by atoms with Gasteiger partial charge in [-0.3, -0.25) is 9.55 Å². The Balaban J connectivity index is 2.13. The zero-order chi connectivity index (χ0) is 20.9. The van der Waals surface area contributed by atoms with Crippen molar-refractivity contribution in [1.29, 1.82) is 0 Å². The van der Waals surface area contributed by atoms with Crippen molar-refractivity contribution in [3.05, 3.63) is 64.9 Å². The topological polar surface area (TPSA) is 56.5 Å². The molecule has 0 saturated heterocycles. The molecule has 0 radical (unpaired) electrons. The van der Waals surface area contributed by atoms with Crippen molar-refractivity contribution in [2.24, 2.45) is 0 Å². The first kappa shape index (κ1) is 19.2. The Kier molecular flexibility index (Phi) is 4.49. The van der Waals surface area contributed by atoms with Crippen molar-refractivity contribution in [1.82, 2.24) is 24.5 Å². The van der Waals surface area contributed by atoms with E-state index in [9.17, 15) is 0 Å². The van der Waals surface area contributed by atoms with Crippen molar-refractivity contribution >= 4 is 11.2 Å². The predicted octanol–water partition coefficient (Wildman–Crippen LogP) is 5.41. The van der Waals surface area contributed by atoms with Gasteiger partial charge in [-0.1, -0.05) is 39.0 Å². The fourth-order valence-corrected chi connectivity index (χ4v) is 3.71. The summed E-state index contributed by atoms with van der Waals surface area (Å²) in [6.07, 6.45) is 1.84. The fraction of sp³-hybridized carbons (Fsp3) is 0.333. The molecule has 0 aliphatic carbocycles. The Bertz CT molecular complexity index is 1210. The molecule has 0 bridgehead atoms. The van der Waals surface area contributed by atoms with Crippen LogP contribution in [0.5, 0.6) is 0 Å². The van der Waals surface area contributed by atoms with Crippen LogP contribution < -0.4 is 0 Å². The van der Waals surface area contributed by atoms with E-state index in [1.165, 1.54) is 11.1 Å². The van der Waals surface area contributed by atoms with Crippen LogP contribution in [0.4, 0.5) is 0 Å². The van der Waals surface area contributed by atoms with Gasteiger partial charge in [0.1, 0.15) is 17.2 Å². The molecule has 5 nitrogen and oxygen atoms in total. The van der Waals surface area contributed by atoms with Crippen LogP contribution in [0.25, 0.3) is 28.2 Å². The van der Waals surface area contributed by atoms with E-state index in [-0.39, 0.29) is 5.41 Å². The molecule has 0 unspecified atom stereocenters. The molecule has 0 amide bonds. The predicted molar refractivity (Wildman–Crippen MR) is 118 cm³/mol. The first-order valence-electron chi connectivity index (χ1n) is 9.94. The van der Waals surface area contributed by atoms with Crippen molar-refractivity contribution < 1.29 is 0 Å². The molecule has 3 heterocycles. The third-order valence-electron chi connectivity index (χ3n) is 5.20. The normalized spacial score (nSPS) is 12.0. The number of aryl methyl sites for hydroxylation is 4. The lowest BCUT2D eigenvalue weighted by atomic mass is 9.96. The van der Waals surface area contributed by atoms with E-state index < -0.39 is 0 Å². The summed E-state index contributed by atoms with van der Waals surface area (Å²) in [4.78, 5) is 19.2. The van der Waals surface area contributed by atoms with Crippen molar-refractivity contribution in [3.8, 4) is 17.1 Å². The molecule has 0 N–H and O–H groups in total. The molecular weight excluding hydrogens is 358 g/mol. The van der Waals surface area contributed by atoms with E-state index in [4.69, 9.17) is 9.97 Å². The van der Waals surface area contributed by atoms with Crippen LogP contribution in [-0.4, -0.2) is 24.5 Å². The lowest BCUT2D eigenvalue weighted by Crippen LogP contribution is -2.16. The molecule has 4 rings (SSSR count). The van der Waals surface area contributed by atoms with E-state index in [0.29, 0.717) is 0 Å². The van der Waals surface area contributed by atoms with Crippen LogP contribution in [0, 0.1) is 27.7 Å². The zero-order valence-corrected chi connectivity index (χ0v) is 18.2. The molecule has 148 valence electrons. The van der Waals surface area contributed by atoms with Gasteiger partial charge in [0, 0.05) is 22.4 Å². The summed E-state index contributed by atoms with van der Waals surface area (Å²) >= 11 is 0. The second kappa shape index (κ2) is 6.76. The molecule has 29 heavy (non-hydrogen) atoms. The number of imidazole rings is 1. The van der Waals surface area contributed by atoms with Gasteiger partial charge in [0.05, 0.1) is 11.9 Å². The van der Waals surface area contributed by atoms with Crippen LogP contribution in [0.15, 0.2) is 36.5 Å². The van der Waals surface area contributed by atoms with Gasteiger partial charge in [0.15, 0.2) is 5.65 Å². The number of hydrogen-bond acceptors (Lipinski definition) is 4. The van der Waals surface area contributed by atoms with E-state index in [1.807, 2.05) is 26.1 Å². The zero-order valence-electron chi connectivity index (χ0n) is 18.2. The number of pyridine rings is 1. The molecule has 3 aromatic heterocycles. The molecule has 0 saturated carbocycles. The molecular formula is C24H27N5. The van der Waals surface area contributed by atoms with Gasteiger partial charge >= 0.3 is 0 Å². The van der Waals surface area contributed by atoms with Gasteiger partial charge in [0.25, 0.3) is 0 Å². The van der Waals surface area contributed by atoms with Gasteiger partial charge in [-0.2, -0.15) is 0 Å². The van der Waals surface area contributed by atoms with Crippen LogP contribution in [0.3, 0.4) is 0 Å². The van der Waals surface area contributed by atoms with Crippen LogP contribution >= 0.6 is 0 Å². The number of fused-ring (bicyclic) bond motifs is 1. The van der Waals surface area contributed by atoms with Gasteiger partial charge in [0.2, 0.25) is 0 Å². The Labute approximate surface area is 171 Å². The highest BCUT2D eigenvalue weighted by atomic mass is 15.2. The monoisotopic (exact) mass is 385 g/mol. The third-order valence-corrected chi connectivity index (χ3v) is 5.20. The van der Waals surface area contributed by atoms with E-state index in [0.717, 1.165) is 45.5 Å². The Morgan fingerprint density at radius 3 is 2.14 bits per heavy atom. The lowest BCUT2D eigenvalue weighted by molar-refractivity contribution is 0.547. The summed E-state index contributed by atoms with van der Waals surface area (Å²) < 4.78 is 2.18. The minimum atomic E-state index is -0.147. The fourth-order valence-electron chi connectivity index (χ4n) is 3.71. The molecule has 1 aromatic carbocycles. The van der Waals surface area contributed by atoms with Gasteiger partial charge in [-0.25, -0.2) is 15.0 Å². The number of aromatic nitrogens is 5. The Morgan fingerprint density at radius 2 is 1.52 bits per heavy atom. The standard InChI is InChI=1S/C24H27N5/c1-14-9-8-10-15(2)20(14)29-21(18-12-11-16(3)26-17(18)4)27-19-13-25-23(24(5,6)7)28-22(19)29/h8-13H,1-7H3. The minimum Gasteiger partial charge on any atom is -0.276 e. The van der Waals surface area contributed by atoms with Gasteiger partial charge in [-0.05, 0) is 51.0 Å². The maximum atomic E-state index is 4.97. The molecule has 0 spiro atoms. The van der Waals surface area contributed by atoms with Crippen LogP contribution in [0.2, 0.25) is 0 Å². The van der Waals surface area contributed by atoms with Gasteiger partial charge in [-0.15, -0.1) is 0 Å². The first-order valence-corrected chi connectivity index (χ1v) is 9.94. The van der Waals surface area contributed by atoms with Gasteiger partial charge < -0.3 is 0 Å². The van der Waals surface area contributed by atoms with Crippen LogP contribution in [-0.2, 0) is 5.41 Å². The number of nitrogens with zero attached hydrogens (tertiary/aromatic N) is 5. The molecule has 0 aliphatic rings. The average Bonchev–Trinajstić information content (AvgIpc) is 2.99. The second-order valence-electron chi connectivity index (χ2n) is 8.75. The summed E-state index contributed by atoms with van der Waals surface area (Å²) in [6, 6.07) is 10.5. The Morgan fingerprint density at radius 1 is 0.828 bits per heavy atom. The second-order valence-corrected chi connectivity index (χ2v) is 8.75. The minimum absolute atomic E-state index is 0.147. The van der Waals surface area contributed by atoms with E-state index in [1.54, 1.807) is 0 Å². The maximum absolute atomic E-state index is 4.97.